The van der Waals surface area contributed by atoms with E-state index in [9.17, 15) is 4.39 Å². The van der Waals surface area contributed by atoms with E-state index in [-0.39, 0.29) is 5.82 Å². The first-order valence-corrected chi connectivity index (χ1v) is 7.50. The van der Waals surface area contributed by atoms with Crippen LogP contribution >= 0.6 is 11.3 Å². The summed E-state index contributed by atoms with van der Waals surface area (Å²) in [5.74, 6) is -0.160. The summed E-state index contributed by atoms with van der Waals surface area (Å²) in [7, 11) is 2.13. The normalized spacial score (nSPS) is 13.3. The summed E-state index contributed by atoms with van der Waals surface area (Å²) < 4.78 is 14.2. The molecule has 0 bridgehead atoms. The van der Waals surface area contributed by atoms with Crippen LogP contribution in [0.15, 0.2) is 24.3 Å². The molecule has 1 atom stereocenters. The highest BCUT2D eigenvalue weighted by Gasteiger charge is 2.07. The fourth-order valence-electron chi connectivity index (χ4n) is 2.08. The van der Waals surface area contributed by atoms with Gasteiger partial charge in [0, 0.05) is 28.7 Å². The van der Waals surface area contributed by atoms with Gasteiger partial charge in [-0.1, -0.05) is 13.0 Å². The second-order valence-electron chi connectivity index (χ2n) is 5.03. The molecule has 0 aliphatic heterocycles. The van der Waals surface area contributed by atoms with E-state index in [1.807, 2.05) is 6.07 Å². The van der Waals surface area contributed by atoms with E-state index < -0.39 is 0 Å². The molecule has 4 heteroatoms. The molecule has 19 heavy (non-hydrogen) atoms. The van der Waals surface area contributed by atoms with Crippen LogP contribution in [-0.4, -0.2) is 31.1 Å². The fraction of sp³-hybridized carbons (Fsp3) is 0.467. The van der Waals surface area contributed by atoms with Crippen molar-refractivity contribution in [1.82, 2.24) is 10.2 Å². The van der Waals surface area contributed by atoms with Crippen LogP contribution < -0.4 is 5.32 Å². The Labute approximate surface area is 118 Å². The lowest BCUT2D eigenvalue weighted by atomic mass is 10.2. The Morgan fingerprint density at radius 1 is 1.37 bits per heavy atom. The van der Waals surface area contributed by atoms with Gasteiger partial charge in [0.2, 0.25) is 0 Å². The lowest BCUT2D eigenvalue weighted by Gasteiger charge is -2.20. The van der Waals surface area contributed by atoms with Crippen molar-refractivity contribution in [1.29, 1.82) is 0 Å². The Hall–Kier alpha value is -0.970. The second-order valence-corrected chi connectivity index (χ2v) is 6.20. The van der Waals surface area contributed by atoms with E-state index in [1.54, 1.807) is 17.4 Å². The number of halogens is 1. The number of benzene rings is 1. The van der Waals surface area contributed by atoms with Gasteiger partial charge in [0.1, 0.15) is 5.82 Å². The van der Waals surface area contributed by atoms with Gasteiger partial charge in [-0.2, -0.15) is 0 Å². The van der Waals surface area contributed by atoms with Gasteiger partial charge in [-0.25, -0.2) is 4.39 Å². The van der Waals surface area contributed by atoms with Gasteiger partial charge < -0.3 is 10.2 Å². The molecule has 104 valence electrons. The highest BCUT2D eigenvalue weighted by molar-refractivity contribution is 7.19. The predicted octanol–water partition coefficient (Wildman–Crippen LogP) is 3.47. The first kappa shape index (κ1) is 14.4. The summed E-state index contributed by atoms with van der Waals surface area (Å²) >= 11 is 1.66. The molecule has 0 amide bonds. The van der Waals surface area contributed by atoms with Crippen molar-refractivity contribution < 1.29 is 4.39 Å². The number of rotatable bonds is 6. The lowest BCUT2D eigenvalue weighted by Crippen LogP contribution is -2.36. The summed E-state index contributed by atoms with van der Waals surface area (Å²) in [6.45, 7) is 7.30. The highest BCUT2D eigenvalue weighted by atomic mass is 32.1. The summed E-state index contributed by atoms with van der Waals surface area (Å²) in [6, 6.07) is 7.57. The third-order valence-electron chi connectivity index (χ3n) is 3.28. The van der Waals surface area contributed by atoms with Crippen molar-refractivity contribution in [2.24, 2.45) is 0 Å². The number of thiophene rings is 1. The lowest BCUT2D eigenvalue weighted by molar-refractivity contribution is 0.310. The van der Waals surface area contributed by atoms with Crippen molar-refractivity contribution in [3.8, 4) is 0 Å². The molecular formula is C15H21FN2S. The minimum atomic E-state index is -0.160. The van der Waals surface area contributed by atoms with Gasteiger partial charge in [0.25, 0.3) is 0 Å². The molecule has 2 rings (SSSR count). The molecular weight excluding hydrogens is 259 g/mol. The van der Waals surface area contributed by atoms with Crippen LogP contribution in [0.3, 0.4) is 0 Å². The maximum absolute atomic E-state index is 13.1. The first-order chi connectivity index (χ1) is 9.08. The van der Waals surface area contributed by atoms with Crippen LogP contribution in [0.4, 0.5) is 4.39 Å². The molecule has 0 saturated heterocycles. The number of likely N-dealkylation sites (N-methyl/N-ethyl adjacent to an activating group) is 1. The Morgan fingerprint density at radius 2 is 2.16 bits per heavy atom. The summed E-state index contributed by atoms with van der Waals surface area (Å²) in [5.41, 5.74) is 0. The van der Waals surface area contributed by atoms with Crippen LogP contribution in [0.25, 0.3) is 10.1 Å². The molecule has 1 unspecified atom stereocenters. The zero-order chi connectivity index (χ0) is 13.8. The van der Waals surface area contributed by atoms with Crippen molar-refractivity contribution in [2.45, 2.75) is 26.4 Å². The quantitative estimate of drug-likeness (QED) is 0.871. The van der Waals surface area contributed by atoms with Crippen LogP contribution in [0.5, 0.6) is 0 Å². The van der Waals surface area contributed by atoms with E-state index >= 15 is 0 Å². The summed E-state index contributed by atoms with van der Waals surface area (Å²) in [5, 5.41) is 4.64. The van der Waals surface area contributed by atoms with Crippen molar-refractivity contribution in [3.05, 3.63) is 35.0 Å². The largest absolute Gasteiger partial charge is 0.308 e. The molecule has 0 saturated carbocycles. The Bertz CT molecular complexity index is 538. The van der Waals surface area contributed by atoms with Crippen LogP contribution in [0.1, 0.15) is 18.7 Å². The van der Waals surface area contributed by atoms with Gasteiger partial charge in [0.05, 0.1) is 0 Å². The topological polar surface area (TPSA) is 15.3 Å². The molecule has 0 radical (unpaired) electrons. The van der Waals surface area contributed by atoms with Crippen LogP contribution in [-0.2, 0) is 6.54 Å². The Balaban J connectivity index is 1.94. The minimum Gasteiger partial charge on any atom is -0.308 e. The molecule has 1 aromatic carbocycles. The molecule has 2 aromatic rings. The van der Waals surface area contributed by atoms with Gasteiger partial charge in [0.15, 0.2) is 0 Å². The van der Waals surface area contributed by atoms with Gasteiger partial charge in [-0.15, -0.1) is 11.3 Å². The van der Waals surface area contributed by atoms with Crippen LogP contribution in [0, 0.1) is 5.82 Å². The molecule has 2 nitrogen and oxygen atoms in total. The molecule has 1 heterocycles. The molecule has 1 aromatic heterocycles. The monoisotopic (exact) mass is 280 g/mol. The average molecular weight is 280 g/mol. The van der Waals surface area contributed by atoms with Crippen molar-refractivity contribution in [3.63, 3.8) is 0 Å². The maximum atomic E-state index is 13.1. The van der Waals surface area contributed by atoms with E-state index in [0.717, 1.165) is 29.7 Å². The van der Waals surface area contributed by atoms with Gasteiger partial charge in [-0.05, 0) is 44.1 Å². The molecule has 0 fully saturated rings. The molecule has 0 spiro atoms. The number of hydrogen-bond acceptors (Lipinski definition) is 3. The molecule has 0 aliphatic carbocycles. The average Bonchev–Trinajstić information content (AvgIpc) is 2.78. The molecule has 1 N–H and O–H groups in total. The zero-order valence-corrected chi connectivity index (χ0v) is 12.6. The van der Waals surface area contributed by atoms with Crippen LogP contribution in [0.2, 0.25) is 0 Å². The summed E-state index contributed by atoms with van der Waals surface area (Å²) in [4.78, 5) is 3.55. The molecule has 0 aliphatic rings. The second kappa shape index (κ2) is 6.46. The number of fused-ring (bicyclic) bond motifs is 1. The zero-order valence-electron chi connectivity index (χ0n) is 11.7. The SMILES string of the molecule is CCN(C)CC(C)NCc1cc2ccc(F)cc2s1. The smallest absolute Gasteiger partial charge is 0.124 e. The standard InChI is InChI=1S/C15H21FN2S/c1-4-18(3)10-11(2)17-9-14-7-12-5-6-13(16)8-15(12)19-14/h5-8,11,17H,4,9-10H2,1-3H3. The fourth-order valence-corrected chi connectivity index (χ4v) is 3.12. The number of hydrogen-bond donors (Lipinski definition) is 1. The third-order valence-corrected chi connectivity index (χ3v) is 4.38. The van der Waals surface area contributed by atoms with E-state index in [4.69, 9.17) is 0 Å². The Morgan fingerprint density at radius 3 is 2.89 bits per heavy atom. The Kier molecular flexibility index (Phi) is 4.91. The first-order valence-electron chi connectivity index (χ1n) is 6.68. The maximum Gasteiger partial charge on any atom is 0.124 e. The van der Waals surface area contributed by atoms with E-state index in [1.165, 1.54) is 10.9 Å². The van der Waals surface area contributed by atoms with Gasteiger partial charge >= 0.3 is 0 Å². The summed E-state index contributed by atoms with van der Waals surface area (Å²) in [6.07, 6.45) is 0. The highest BCUT2D eigenvalue weighted by Crippen LogP contribution is 2.26. The third kappa shape index (κ3) is 4.00. The minimum absolute atomic E-state index is 0.160. The van der Waals surface area contributed by atoms with E-state index in [0.29, 0.717) is 6.04 Å². The van der Waals surface area contributed by atoms with Gasteiger partial charge in [-0.3, -0.25) is 0 Å². The van der Waals surface area contributed by atoms with Crippen molar-refractivity contribution in [2.75, 3.05) is 20.1 Å². The predicted molar refractivity (Wildman–Crippen MR) is 81.3 cm³/mol. The number of nitrogens with zero attached hydrogens (tertiary/aromatic N) is 1. The van der Waals surface area contributed by atoms with E-state index in [2.05, 4.69) is 37.2 Å². The van der Waals surface area contributed by atoms with Crippen molar-refractivity contribution >= 4 is 21.4 Å². The number of nitrogens with one attached hydrogen (secondary N) is 1.